The van der Waals surface area contributed by atoms with Gasteiger partial charge in [-0.05, 0) is 30.6 Å². The van der Waals surface area contributed by atoms with Crippen molar-refractivity contribution >= 4 is 18.0 Å². The highest BCUT2D eigenvalue weighted by Crippen LogP contribution is 2.14. The van der Waals surface area contributed by atoms with Crippen LogP contribution in [0.2, 0.25) is 0 Å². The molecule has 1 atom stereocenters. The predicted molar refractivity (Wildman–Crippen MR) is 94.3 cm³/mol. The predicted octanol–water partition coefficient (Wildman–Crippen LogP) is 1.33. The number of fused-ring (bicyclic) bond motifs is 1. The summed E-state index contributed by atoms with van der Waals surface area (Å²) in [7, 11) is 0. The van der Waals surface area contributed by atoms with Gasteiger partial charge in [0.15, 0.2) is 11.4 Å². The fourth-order valence-electron chi connectivity index (χ4n) is 3.13. The van der Waals surface area contributed by atoms with E-state index >= 15 is 0 Å². The van der Waals surface area contributed by atoms with Crippen LogP contribution in [0.1, 0.15) is 24.5 Å². The number of nitrogens with one attached hydrogen (secondary N) is 3. The first-order chi connectivity index (χ1) is 11.2. The highest BCUT2D eigenvalue weighted by atomic mass is 32.1. The van der Waals surface area contributed by atoms with Crippen LogP contribution < -0.4 is 15.8 Å². The van der Waals surface area contributed by atoms with E-state index in [1.165, 1.54) is 10.5 Å². The smallest absolute Gasteiger partial charge is 0.262 e. The molecule has 0 saturated carbocycles. The zero-order valence-corrected chi connectivity index (χ0v) is 14.2. The quantitative estimate of drug-likeness (QED) is 0.725. The van der Waals surface area contributed by atoms with Crippen LogP contribution >= 0.6 is 12.2 Å². The van der Waals surface area contributed by atoms with Crippen molar-refractivity contribution in [3.8, 4) is 0 Å². The van der Waals surface area contributed by atoms with Gasteiger partial charge in [-0.2, -0.15) is 0 Å². The van der Waals surface area contributed by atoms with E-state index in [1.807, 2.05) is 22.8 Å². The Balaban J connectivity index is 1.88. The second-order valence-corrected chi connectivity index (χ2v) is 6.39. The summed E-state index contributed by atoms with van der Waals surface area (Å²) < 4.78 is 2.53. The number of quaternary nitrogens is 1. The van der Waals surface area contributed by atoms with Gasteiger partial charge >= 0.3 is 0 Å². The van der Waals surface area contributed by atoms with Gasteiger partial charge in [0.2, 0.25) is 0 Å². The number of aromatic nitrogens is 2. The summed E-state index contributed by atoms with van der Waals surface area (Å²) >= 11 is 5.38. The number of hydrogen-bond donors (Lipinski definition) is 3. The van der Waals surface area contributed by atoms with E-state index in [1.54, 1.807) is 0 Å². The van der Waals surface area contributed by atoms with Crippen LogP contribution in [0, 0.1) is 4.77 Å². The molecule has 0 spiro atoms. The lowest BCUT2D eigenvalue weighted by atomic mass is 10.1. The van der Waals surface area contributed by atoms with E-state index in [0.717, 1.165) is 50.5 Å². The average molecular weight is 331 g/mol. The van der Waals surface area contributed by atoms with Crippen molar-refractivity contribution in [1.82, 2.24) is 9.55 Å². The Bertz CT molecular complexity index is 781. The van der Waals surface area contributed by atoms with E-state index in [9.17, 15) is 4.79 Å². The molecule has 0 radical (unpaired) electrons. The molecule has 3 rings (SSSR count). The molecule has 6 heteroatoms. The molecule has 1 aliphatic rings. The van der Waals surface area contributed by atoms with Crippen molar-refractivity contribution in [1.29, 1.82) is 0 Å². The van der Waals surface area contributed by atoms with Crippen LogP contribution in [0.4, 0.5) is 5.82 Å². The van der Waals surface area contributed by atoms with Crippen LogP contribution in [-0.4, -0.2) is 22.8 Å². The summed E-state index contributed by atoms with van der Waals surface area (Å²) in [5, 5.41) is 3.42. The monoisotopic (exact) mass is 331 g/mol. The van der Waals surface area contributed by atoms with Gasteiger partial charge in [-0.15, -0.1) is 0 Å². The first kappa shape index (κ1) is 16.0. The molecular weight excluding hydrogens is 308 g/mol. The van der Waals surface area contributed by atoms with Gasteiger partial charge in [-0.3, -0.25) is 9.78 Å². The lowest BCUT2D eigenvalue weighted by molar-refractivity contribution is -0.912. The molecule has 0 amide bonds. The third-order valence-corrected chi connectivity index (χ3v) is 4.62. The molecule has 3 N–H and O–H groups in total. The second kappa shape index (κ2) is 7.10. The van der Waals surface area contributed by atoms with E-state index in [0.29, 0.717) is 4.77 Å². The third-order valence-electron chi connectivity index (χ3n) is 4.30. The van der Waals surface area contributed by atoms with Crippen LogP contribution in [-0.2, 0) is 19.5 Å². The SMILES string of the molecule is CCC[NH+]1CNc2c(c(=O)[nH]c(=S)n2CCc2ccccc2)C1. The Morgan fingerprint density at radius 2 is 2.09 bits per heavy atom. The average Bonchev–Trinajstić information content (AvgIpc) is 2.56. The number of nitrogens with zero attached hydrogens (tertiary/aromatic N) is 1. The second-order valence-electron chi connectivity index (χ2n) is 6.00. The van der Waals surface area contributed by atoms with Crippen molar-refractivity contribution in [3.63, 3.8) is 0 Å². The number of anilines is 1. The zero-order chi connectivity index (χ0) is 16.2. The fourth-order valence-corrected chi connectivity index (χ4v) is 3.40. The van der Waals surface area contributed by atoms with Gasteiger partial charge in [0.05, 0.1) is 6.54 Å². The highest BCUT2D eigenvalue weighted by Gasteiger charge is 2.23. The van der Waals surface area contributed by atoms with Gasteiger partial charge in [0, 0.05) is 6.54 Å². The van der Waals surface area contributed by atoms with Gasteiger partial charge in [-0.1, -0.05) is 37.3 Å². The Morgan fingerprint density at radius 3 is 2.83 bits per heavy atom. The number of rotatable bonds is 5. The van der Waals surface area contributed by atoms with Gasteiger partial charge in [0.1, 0.15) is 17.9 Å². The lowest BCUT2D eigenvalue weighted by Gasteiger charge is -2.28. The topological polar surface area (TPSA) is 54.3 Å². The van der Waals surface area contributed by atoms with E-state index in [4.69, 9.17) is 12.2 Å². The molecule has 122 valence electrons. The molecule has 1 unspecified atom stereocenters. The molecular formula is C17H23N4OS+. The molecule has 0 aliphatic carbocycles. The number of aryl methyl sites for hydroxylation is 1. The van der Waals surface area contributed by atoms with Crippen molar-refractivity contribution in [2.45, 2.75) is 32.9 Å². The minimum Gasteiger partial charge on any atom is -0.324 e. The van der Waals surface area contributed by atoms with Gasteiger partial charge in [0.25, 0.3) is 5.56 Å². The molecule has 2 heterocycles. The molecule has 0 fully saturated rings. The molecule has 1 aromatic carbocycles. The lowest BCUT2D eigenvalue weighted by Crippen LogP contribution is -3.12. The largest absolute Gasteiger partial charge is 0.324 e. The Hall–Kier alpha value is -1.92. The molecule has 1 aliphatic heterocycles. The Morgan fingerprint density at radius 1 is 1.30 bits per heavy atom. The maximum Gasteiger partial charge on any atom is 0.262 e. The van der Waals surface area contributed by atoms with Crippen molar-refractivity contribution in [2.75, 3.05) is 18.5 Å². The molecule has 0 saturated heterocycles. The maximum absolute atomic E-state index is 12.3. The molecule has 2 aromatic rings. The fraction of sp³-hybridized carbons (Fsp3) is 0.412. The standard InChI is InChI=1S/C17H22N4OS/c1-2-9-20-11-14-15(18-12-20)21(17(23)19-16(14)22)10-8-13-6-4-3-5-7-13/h3-7,18H,2,8-12H2,1H3,(H,19,22,23)/p+1. The minimum atomic E-state index is -0.0539. The summed E-state index contributed by atoms with van der Waals surface area (Å²) in [6.07, 6.45) is 2.00. The number of benzene rings is 1. The van der Waals surface area contributed by atoms with Gasteiger partial charge < -0.3 is 14.8 Å². The minimum absolute atomic E-state index is 0.0539. The molecule has 1 aromatic heterocycles. The number of aromatic amines is 1. The van der Waals surface area contributed by atoms with Crippen LogP contribution in [0.3, 0.4) is 0 Å². The van der Waals surface area contributed by atoms with Crippen molar-refractivity contribution in [2.24, 2.45) is 0 Å². The zero-order valence-electron chi connectivity index (χ0n) is 13.4. The van der Waals surface area contributed by atoms with Crippen molar-refractivity contribution in [3.05, 3.63) is 56.6 Å². The molecule has 0 bridgehead atoms. The number of hydrogen-bond acceptors (Lipinski definition) is 3. The Labute approximate surface area is 141 Å². The van der Waals surface area contributed by atoms with Crippen molar-refractivity contribution < 1.29 is 4.90 Å². The maximum atomic E-state index is 12.3. The summed E-state index contributed by atoms with van der Waals surface area (Å²) in [4.78, 5) is 16.5. The molecule has 5 nitrogen and oxygen atoms in total. The van der Waals surface area contributed by atoms with Crippen LogP contribution in [0.15, 0.2) is 35.1 Å². The van der Waals surface area contributed by atoms with E-state index in [2.05, 4.69) is 29.4 Å². The first-order valence-corrected chi connectivity index (χ1v) is 8.57. The summed E-state index contributed by atoms with van der Waals surface area (Å²) in [6.45, 7) is 5.58. The molecule has 23 heavy (non-hydrogen) atoms. The van der Waals surface area contributed by atoms with Crippen LogP contribution in [0.5, 0.6) is 0 Å². The first-order valence-electron chi connectivity index (χ1n) is 8.16. The Kier molecular flexibility index (Phi) is 4.93. The summed E-state index contributed by atoms with van der Waals surface area (Å²) in [6, 6.07) is 10.3. The highest BCUT2D eigenvalue weighted by molar-refractivity contribution is 7.71. The summed E-state index contributed by atoms with van der Waals surface area (Å²) in [5.74, 6) is 0.898. The van der Waals surface area contributed by atoms with Gasteiger partial charge in [-0.25, -0.2) is 0 Å². The van der Waals surface area contributed by atoms with E-state index in [-0.39, 0.29) is 5.56 Å². The van der Waals surface area contributed by atoms with E-state index < -0.39 is 0 Å². The number of H-pyrrole nitrogens is 1. The third kappa shape index (κ3) is 3.54. The van der Waals surface area contributed by atoms with Crippen LogP contribution in [0.25, 0.3) is 0 Å². The summed E-state index contributed by atoms with van der Waals surface area (Å²) in [5.41, 5.74) is 2.03. The normalized spacial score (nSPS) is 16.7.